The maximum atomic E-state index is 15.7. The third kappa shape index (κ3) is 12.8. The van der Waals surface area contributed by atoms with Gasteiger partial charge < -0.3 is 38.5 Å². The van der Waals surface area contributed by atoms with Crippen molar-refractivity contribution in [3.8, 4) is 28.7 Å². The highest BCUT2D eigenvalue weighted by Gasteiger charge is 2.52. The second-order valence-electron chi connectivity index (χ2n) is 20.3. The number of methoxy groups -OCH3 is 3. The molecule has 8 atom stereocenters. The largest absolute Gasteiger partial charge is 0.497 e. The van der Waals surface area contributed by atoms with Crippen LogP contribution in [0.4, 0.5) is 5.82 Å². The van der Waals surface area contributed by atoms with Crippen LogP contribution in [0.15, 0.2) is 198 Å². The Kier molecular flexibility index (Phi) is 18.5. The standard InChI is InChI=1S/C64H59N8O15P/c1-78-47-29-25-45(26-30-47)64(44-23-14-7-15-24-44,46-27-31-48(79-2)32-28-46)81-37-51-50(35-53(84-51)71-36-49(60(74)70-63(71)76)41-17-8-4-9-18-41)87-88(77,82-34-16-33-65)83-38-52-55(86-62(75)43-21-12-6-13-22-43)56(80-3)61(85-52)72-40-68-54-57(66-39-67-58(54)72)69-59(73)42-19-10-5-11-20-42/h4-15,17-32,36,39-40,50-53,55-56,61H,16,34-35,37-38H2,1-3H3,(H,70,74,76)(H,66,67,69,73)/t50?,51-,52-,53-,55?,56?,61-,88?/m1/s1. The molecule has 0 spiro atoms. The second-order valence-corrected chi connectivity index (χ2v) is 21.9. The van der Waals surface area contributed by atoms with Crippen LogP contribution in [0.2, 0.25) is 0 Å². The molecule has 11 rings (SSSR count). The molecule has 0 bridgehead atoms. The molecule has 2 aliphatic heterocycles. The average Bonchev–Trinajstić information content (AvgIpc) is 1.45. The van der Waals surface area contributed by atoms with Crippen molar-refractivity contribution in [1.29, 1.82) is 5.26 Å². The van der Waals surface area contributed by atoms with Gasteiger partial charge in [0.05, 0.1) is 64.0 Å². The summed E-state index contributed by atoms with van der Waals surface area (Å²) in [5.41, 5.74) is 0.844. The van der Waals surface area contributed by atoms with Crippen LogP contribution in [0.5, 0.6) is 11.5 Å². The van der Waals surface area contributed by atoms with E-state index < -0.39 is 92.7 Å². The van der Waals surface area contributed by atoms with E-state index in [1.165, 1.54) is 35.1 Å². The summed E-state index contributed by atoms with van der Waals surface area (Å²) in [5.74, 6) is 0.0765. The number of imidazole rings is 1. The molecule has 3 aromatic heterocycles. The van der Waals surface area contributed by atoms with E-state index >= 15 is 4.57 Å². The van der Waals surface area contributed by atoms with E-state index in [1.54, 1.807) is 105 Å². The molecule has 0 aliphatic carbocycles. The van der Waals surface area contributed by atoms with Gasteiger partial charge in [-0.2, -0.15) is 5.26 Å². The number of amides is 1. The first-order chi connectivity index (χ1) is 42.9. The quantitative estimate of drug-likeness (QED) is 0.0247. The van der Waals surface area contributed by atoms with Gasteiger partial charge in [0.25, 0.3) is 11.5 Å². The Morgan fingerprint density at radius 3 is 1.95 bits per heavy atom. The van der Waals surface area contributed by atoms with Crippen molar-refractivity contribution in [3.63, 3.8) is 0 Å². The lowest BCUT2D eigenvalue weighted by molar-refractivity contribution is -0.0961. The van der Waals surface area contributed by atoms with Crippen LogP contribution in [0.3, 0.4) is 0 Å². The molecule has 0 radical (unpaired) electrons. The number of fused-ring (bicyclic) bond motifs is 1. The fraction of sp³-hybridized carbons (Fsp3) is 0.250. The maximum Gasteiger partial charge on any atom is 0.475 e. The number of nitrogens with one attached hydrogen (secondary N) is 2. The van der Waals surface area contributed by atoms with Gasteiger partial charge in [-0.15, -0.1) is 0 Å². The minimum atomic E-state index is -4.95. The SMILES string of the molecule is COc1ccc(C(OC[C@H]2O[C@@H](n3cc(-c4ccccc4)c(=O)[nH]c3=O)CC2OP(=O)(OCCC#N)OC[C@H]2O[C@@H](n3cnc4c(NC(=O)c5ccccc5)ncnc43)C(OC)C2OC(=O)c2ccccc2)(c2ccccc2)c2ccc(OC)cc2)cc1. The van der Waals surface area contributed by atoms with Gasteiger partial charge in [-0.3, -0.25) is 37.3 Å². The maximum absolute atomic E-state index is 15.7. The molecule has 450 valence electrons. The first-order valence-electron chi connectivity index (χ1n) is 27.9. The van der Waals surface area contributed by atoms with E-state index in [-0.39, 0.29) is 47.6 Å². The molecule has 2 saturated heterocycles. The van der Waals surface area contributed by atoms with Gasteiger partial charge in [0.1, 0.15) is 54.1 Å². The van der Waals surface area contributed by atoms with Gasteiger partial charge in [0.2, 0.25) is 0 Å². The van der Waals surface area contributed by atoms with Crippen LogP contribution in [-0.4, -0.2) is 113 Å². The van der Waals surface area contributed by atoms with Gasteiger partial charge in [0, 0.05) is 25.3 Å². The van der Waals surface area contributed by atoms with Crippen molar-refractivity contribution in [2.24, 2.45) is 0 Å². The third-order valence-electron chi connectivity index (χ3n) is 15.0. The van der Waals surface area contributed by atoms with Gasteiger partial charge in [-0.05, 0) is 70.8 Å². The Hall–Kier alpha value is -9.47. The molecule has 24 heteroatoms. The number of nitrogens with zero attached hydrogens (tertiary/aromatic N) is 6. The molecule has 4 unspecified atom stereocenters. The number of carbonyl (C=O) groups is 2. The normalized spacial score (nSPS) is 19.8. The van der Waals surface area contributed by atoms with Crippen molar-refractivity contribution in [3.05, 3.63) is 237 Å². The molecule has 9 aromatic rings. The Labute approximate surface area is 503 Å². The summed E-state index contributed by atoms with van der Waals surface area (Å²) in [5, 5.41) is 12.5. The first-order valence-corrected chi connectivity index (χ1v) is 29.4. The topological polar surface area (TPSA) is 278 Å². The van der Waals surface area contributed by atoms with Crippen LogP contribution in [0, 0.1) is 11.3 Å². The van der Waals surface area contributed by atoms with Crippen LogP contribution >= 0.6 is 7.82 Å². The van der Waals surface area contributed by atoms with Gasteiger partial charge in [0.15, 0.2) is 29.3 Å². The zero-order valence-electron chi connectivity index (χ0n) is 47.7. The van der Waals surface area contributed by atoms with Crippen LogP contribution in [0.25, 0.3) is 22.3 Å². The highest BCUT2D eigenvalue weighted by Crippen LogP contribution is 2.54. The van der Waals surface area contributed by atoms with Gasteiger partial charge in [-0.25, -0.2) is 29.1 Å². The van der Waals surface area contributed by atoms with Gasteiger partial charge >= 0.3 is 19.5 Å². The Bertz CT molecular complexity index is 4030. The van der Waals surface area contributed by atoms with Crippen LogP contribution < -0.4 is 26.0 Å². The van der Waals surface area contributed by atoms with Crippen molar-refractivity contribution in [2.75, 3.05) is 46.5 Å². The molecular weight excluding hydrogens is 1150 g/mol. The van der Waals surface area contributed by atoms with Crippen molar-refractivity contribution in [2.45, 2.75) is 61.4 Å². The lowest BCUT2D eigenvalue weighted by atomic mass is 9.80. The van der Waals surface area contributed by atoms with E-state index in [1.807, 2.05) is 84.9 Å². The summed E-state index contributed by atoms with van der Waals surface area (Å²) in [6, 6.07) is 51.7. The average molecular weight is 1210 g/mol. The summed E-state index contributed by atoms with van der Waals surface area (Å²) in [6.07, 6.45) is -5.05. The fourth-order valence-corrected chi connectivity index (χ4v) is 12.1. The molecule has 23 nitrogen and oxygen atoms in total. The number of benzene rings is 6. The predicted molar refractivity (Wildman–Crippen MR) is 318 cm³/mol. The lowest BCUT2D eigenvalue weighted by Gasteiger charge is -2.37. The number of carbonyl (C=O) groups excluding carboxylic acids is 2. The van der Waals surface area contributed by atoms with Crippen molar-refractivity contribution in [1.82, 2.24) is 29.1 Å². The third-order valence-corrected chi connectivity index (χ3v) is 16.5. The predicted octanol–water partition coefficient (Wildman–Crippen LogP) is 9.19. The molecule has 0 saturated carbocycles. The number of rotatable bonds is 24. The van der Waals surface area contributed by atoms with Crippen LogP contribution in [0.1, 0.15) is 62.7 Å². The molecule has 1 amide bonds. The number of hydrogen-bond acceptors (Lipinski definition) is 19. The second kappa shape index (κ2) is 27.1. The summed E-state index contributed by atoms with van der Waals surface area (Å²) in [6.45, 7) is -1.42. The fourth-order valence-electron chi connectivity index (χ4n) is 10.7. The Balaban J connectivity index is 0.952. The minimum absolute atomic E-state index is 0.0974. The molecule has 2 N–H and O–H groups in total. The number of phosphoric acid groups is 1. The molecule has 5 heterocycles. The number of ether oxygens (including phenoxy) is 7. The van der Waals surface area contributed by atoms with Crippen LogP contribution in [-0.2, 0) is 47.4 Å². The highest BCUT2D eigenvalue weighted by atomic mass is 31.2. The zero-order chi connectivity index (χ0) is 61.2. The Morgan fingerprint density at radius 2 is 1.33 bits per heavy atom. The summed E-state index contributed by atoms with van der Waals surface area (Å²) >= 11 is 0. The summed E-state index contributed by atoms with van der Waals surface area (Å²) in [7, 11) is -0.437. The number of hydrogen-bond donors (Lipinski definition) is 2. The van der Waals surface area contributed by atoms with E-state index in [0.717, 1.165) is 0 Å². The molecular formula is C64H59N8O15P. The Morgan fingerprint density at radius 1 is 0.716 bits per heavy atom. The molecule has 2 aliphatic rings. The number of nitriles is 1. The zero-order valence-corrected chi connectivity index (χ0v) is 48.6. The van der Waals surface area contributed by atoms with E-state index in [2.05, 4.69) is 25.3 Å². The monoisotopic (exact) mass is 1210 g/mol. The molecule has 2 fully saturated rings. The molecule has 6 aromatic carbocycles. The summed E-state index contributed by atoms with van der Waals surface area (Å²) in [4.78, 5) is 70.4. The van der Waals surface area contributed by atoms with Crippen molar-refractivity contribution < 1.29 is 60.9 Å². The molecule has 88 heavy (non-hydrogen) atoms. The van der Waals surface area contributed by atoms with E-state index in [4.69, 9.17) is 46.7 Å². The van der Waals surface area contributed by atoms with Crippen molar-refractivity contribution >= 4 is 36.7 Å². The number of aromatic nitrogens is 6. The van der Waals surface area contributed by atoms with E-state index in [0.29, 0.717) is 39.3 Å². The minimum Gasteiger partial charge on any atom is -0.497 e. The number of anilines is 1. The number of phosphoric ester groups is 1. The number of H-pyrrole nitrogens is 1. The lowest BCUT2D eigenvalue weighted by Crippen LogP contribution is -2.40. The summed E-state index contributed by atoms with van der Waals surface area (Å²) < 4.78 is 81.4. The highest BCUT2D eigenvalue weighted by molar-refractivity contribution is 7.48. The van der Waals surface area contributed by atoms with E-state index in [9.17, 15) is 24.4 Å². The smallest absolute Gasteiger partial charge is 0.475 e. The number of esters is 1. The number of aromatic amines is 1. The van der Waals surface area contributed by atoms with Gasteiger partial charge in [-0.1, -0.05) is 121 Å². The first kappa shape index (κ1) is 60.2.